The van der Waals surface area contributed by atoms with E-state index in [4.69, 9.17) is 5.41 Å². The van der Waals surface area contributed by atoms with Gasteiger partial charge in [0.25, 0.3) is 0 Å². The minimum Gasteiger partial charge on any atom is -0.422 e. The van der Waals surface area contributed by atoms with Gasteiger partial charge in [0.05, 0.1) is 0 Å². The summed E-state index contributed by atoms with van der Waals surface area (Å²) >= 11 is 0. The molecule has 1 rings (SSSR count). The van der Waals surface area contributed by atoms with Crippen LogP contribution >= 0.6 is 0 Å². The highest BCUT2D eigenvalue weighted by molar-refractivity contribution is 5.57. The summed E-state index contributed by atoms with van der Waals surface area (Å²) < 4.78 is 0. The van der Waals surface area contributed by atoms with Crippen molar-refractivity contribution in [1.29, 1.82) is 0 Å². The molecule has 1 aromatic carbocycles. The second kappa shape index (κ2) is 3.13. The monoisotopic (exact) mass is 145 g/mol. The fourth-order valence-corrected chi connectivity index (χ4v) is 0.985. The van der Waals surface area contributed by atoms with Gasteiger partial charge in [-0.2, -0.15) is 6.01 Å². The lowest BCUT2D eigenvalue weighted by Crippen LogP contribution is -1.76. The van der Waals surface area contributed by atoms with Gasteiger partial charge in [-0.1, -0.05) is 23.8 Å². The average Bonchev–Trinajstić information content (AvgIpc) is 1.95. The van der Waals surface area contributed by atoms with Crippen molar-refractivity contribution >= 4 is 11.7 Å². The molecule has 0 fully saturated rings. The highest BCUT2D eigenvalue weighted by atomic mass is 14.7. The van der Waals surface area contributed by atoms with E-state index in [0.717, 1.165) is 11.3 Å². The number of benzene rings is 1. The molecule has 0 spiro atoms. The van der Waals surface area contributed by atoms with Crippen molar-refractivity contribution in [3.05, 3.63) is 34.7 Å². The van der Waals surface area contributed by atoms with Gasteiger partial charge in [-0.3, -0.25) is 0 Å². The van der Waals surface area contributed by atoms with Crippen LogP contribution in [0.4, 0.5) is 5.69 Å². The standard InChI is InChI=1S/C9H9N2/c1-7-3-4-9(11-6-10)8(2)5-7/h3-5H,1-2H3/q-1. The van der Waals surface area contributed by atoms with E-state index in [1.165, 1.54) is 5.56 Å². The normalized spacial score (nSPS) is 8.91. The van der Waals surface area contributed by atoms with Gasteiger partial charge in [0.2, 0.25) is 0 Å². The Labute approximate surface area is 66.1 Å². The van der Waals surface area contributed by atoms with Gasteiger partial charge in [-0.25, -0.2) is 0 Å². The predicted octanol–water partition coefficient (Wildman–Crippen LogP) is 2.68. The fourth-order valence-electron chi connectivity index (χ4n) is 0.985. The van der Waals surface area contributed by atoms with Crippen molar-refractivity contribution in [2.75, 3.05) is 0 Å². The summed E-state index contributed by atoms with van der Waals surface area (Å²) in [7, 11) is 0. The lowest BCUT2D eigenvalue weighted by atomic mass is 10.1. The predicted molar refractivity (Wildman–Crippen MR) is 46.4 cm³/mol. The molecule has 1 aromatic rings. The van der Waals surface area contributed by atoms with E-state index in [1.54, 1.807) is 6.01 Å². The maximum Gasteiger partial charge on any atom is -0.0326 e. The van der Waals surface area contributed by atoms with E-state index in [-0.39, 0.29) is 0 Å². The molecule has 0 aliphatic heterocycles. The van der Waals surface area contributed by atoms with E-state index >= 15 is 0 Å². The summed E-state index contributed by atoms with van der Waals surface area (Å²) in [6, 6.07) is 7.58. The van der Waals surface area contributed by atoms with Crippen molar-refractivity contribution in [3.8, 4) is 0 Å². The number of rotatable bonds is 1. The van der Waals surface area contributed by atoms with Crippen LogP contribution in [0, 0.1) is 13.8 Å². The maximum atomic E-state index is 8.30. The van der Waals surface area contributed by atoms with Crippen LogP contribution < -0.4 is 0 Å². The van der Waals surface area contributed by atoms with Gasteiger partial charge in [0, 0.05) is 0 Å². The van der Waals surface area contributed by atoms with E-state index < -0.39 is 0 Å². The topological polar surface area (TPSA) is 34.7 Å². The molecule has 56 valence electrons. The first kappa shape index (κ1) is 7.70. The van der Waals surface area contributed by atoms with Gasteiger partial charge in [-0.15, -0.1) is 0 Å². The van der Waals surface area contributed by atoms with Gasteiger partial charge in [0.15, 0.2) is 0 Å². The molecule has 0 unspecified atom stereocenters. The lowest BCUT2D eigenvalue weighted by Gasteiger charge is -2.03. The molecular weight excluding hydrogens is 136 g/mol. The van der Waals surface area contributed by atoms with Crippen molar-refractivity contribution in [1.82, 2.24) is 0 Å². The highest BCUT2D eigenvalue weighted by Gasteiger charge is 1.88. The highest BCUT2D eigenvalue weighted by Crippen LogP contribution is 2.18. The number of hydrogen-bond acceptors (Lipinski definition) is 1. The van der Waals surface area contributed by atoms with Crippen LogP contribution in [0.15, 0.2) is 23.2 Å². The summed E-state index contributed by atoms with van der Waals surface area (Å²) in [5.41, 5.74) is 3.00. The molecule has 2 heteroatoms. The Kier molecular flexibility index (Phi) is 2.19. The van der Waals surface area contributed by atoms with Crippen LogP contribution in [0.3, 0.4) is 0 Å². The molecule has 0 heterocycles. The largest absolute Gasteiger partial charge is 0.422 e. The average molecular weight is 145 g/mol. The molecule has 0 amide bonds. The molecule has 0 atom stereocenters. The Morgan fingerprint density at radius 2 is 2.09 bits per heavy atom. The second-order valence-corrected chi connectivity index (χ2v) is 2.50. The van der Waals surface area contributed by atoms with E-state index in [2.05, 4.69) is 4.99 Å². The molecule has 0 aromatic heterocycles. The summed E-state index contributed by atoms with van der Waals surface area (Å²) in [6.45, 7) is 3.96. The fraction of sp³-hybridized carbons (Fsp3) is 0.222. The molecule has 0 saturated heterocycles. The molecule has 11 heavy (non-hydrogen) atoms. The van der Waals surface area contributed by atoms with Crippen LogP contribution in [0.1, 0.15) is 11.1 Å². The summed E-state index contributed by atoms with van der Waals surface area (Å²) in [4.78, 5) is 3.65. The zero-order valence-electron chi connectivity index (χ0n) is 6.63. The third-order valence-corrected chi connectivity index (χ3v) is 1.52. The second-order valence-electron chi connectivity index (χ2n) is 2.50. The molecule has 0 radical (unpaired) electrons. The van der Waals surface area contributed by atoms with Gasteiger partial charge >= 0.3 is 0 Å². The maximum absolute atomic E-state index is 8.30. The SMILES string of the molecule is Cc1ccc(N=C=[N-])c(C)c1. The van der Waals surface area contributed by atoms with Crippen LogP contribution in [-0.2, 0) is 0 Å². The quantitative estimate of drug-likeness (QED) is 0.544. The molecule has 0 N–H and O–H groups in total. The van der Waals surface area contributed by atoms with E-state index in [0.29, 0.717) is 0 Å². The van der Waals surface area contributed by atoms with Crippen LogP contribution in [0.2, 0.25) is 0 Å². The van der Waals surface area contributed by atoms with Crippen LogP contribution in [0.25, 0.3) is 5.41 Å². The molecule has 0 saturated carbocycles. The summed E-state index contributed by atoms with van der Waals surface area (Å²) in [5, 5.41) is 8.30. The molecule has 0 aliphatic rings. The number of aryl methyl sites for hydroxylation is 2. The van der Waals surface area contributed by atoms with Crippen molar-refractivity contribution in [3.63, 3.8) is 0 Å². The van der Waals surface area contributed by atoms with Crippen molar-refractivity contribution in [2.24, 2.45) is 4.99 Å². The van der Waals surface area contributed by atoms with E-state index in [1.807, 2.05) is 32.0 Å². The van der Waals surface area contributed by atoms with Crippen molar-refractivity contribution in [2.45, 2.75) is 13.8 Å². The van der Waals surface area contributed by atoms with Crippen LogP contribution in [0.5, 0.6) is 0 Å². The lowest BCUT2D eigenvalue weighted by molar-refractivity contribution is 1.35. The number of hydrogen-bond donors (Lipinski definition) is 0. The minimum atomic E-state index is 0.762. The summed E-state index contributed by atoms with van der Waals surface area (Å²) in [6.07, 6.45) is 0. The molecule has 2 nitrogen and oxygen atoms in total. The zero-order valence-corrected chi connectivity index (χ0v) is 6.63. The Balaban J connectivity index is 3.19. The zero-order chi connectivity index (χ0) is 8.27. The van der Waals surface area contributed by atoms with Gasteiger partial charge < -0.3 is 10.4 Å². The first-order valence-corrected chi connectivity index (χ1v) is 3.41. The van der Waals surface area contributed by atoms with Gasteiger partial charge in [0.1, 0.15) is 0 Å². The minimum absolute atomic E-state index is 0.762. The van der Waals surface area contributed by atoms with E-state index in [9.17, 15) is 0 Å². The smallest absolute Gasteiger partial charge is 0.0326 e. The Hall–Kier alpha value is -1.40. The van der Waals surface area contributed by atoms with Gasteiger partial charge in [-0.05, 0) is 25.1 Å². The number of nitrogens with zero attached hydrogens (tertiary/aromatic N) is 2. The third-order valence-electron chi connectivity index (χ3n) is 1.52. The Bertz CT molecular complexity index is 309. The molecule has 0 bridgehead atoms. The van der Waals surface area contributed by atoms with Crippen molar-refractivity contribution < 1.29 is 0 Å². The molecular formula is C9H9N2-. The Morgan fingerprint density at radius 1 is 1.36 bits per heavy atom. The third kappa shape index (κ3) is 1.76. The molecule has 0 aliphatic carbocycles. The number of aliphatic imine (C=N–C) groups is 1. The summed E-state index contributed by atoms with van der Waals surface area (Å²) in [5.74, 6) is 0. The first-order chi connectivity index (χ1) is 5.24. The Morgan fingerprint density at radius 3 is 2.64 bits per heavy atom. The van der Waals surface area contributed by atoms with Crippen LogP contribution in [-0.4, -0.2) is 6.01 Å². The first-order valence-electron chi connectivity index (χ1n) is 3.41.